The highest BCUT2D eigenvalue weighted by Crippen LogP contribution is 2.35. The predicted octanol–water partition coefficient (Wildman–Crippen LogP) is 6.27. The van der Waals surface area contributed by atoms with Crippen molar-refractivity contribution in [3.8, 4) is 22.8 Å². The van der Waals surface area contributed by atoms with Crippen LogP contribution in [-0.2, 0) is 19.5 Å². The molecule has 1 aromatic heterocycles. The maximum atomic E-state index is 14.9. The molecule has 222 valence electrons. The van der Waals surface area contributed by atoms with Gasteiger partial charge in [0.2, 0.25) is 0 Å². The summed E-state index contributed by atoms with van der Waals surface area (Å²) in [5.41, 5.74) is 3.52. The molecule has 43 heavy (non-hydrogen) atoms. The van der Waals surface area contributed by atoms with Crippen LogP contribution in [0.1, 0.15) is 56.9 Å². The molecule has 9 heteroatoms. The van der Waals surface area contributed by atoms with Crippen LogP contribution >= 0.6 is 0 Å². The Bertz CT molecular complexity index is 1650. The first-order valence-corrected chi connectivity index (χ1v) is 14.1. The molecule has 0 atom stereocenters. The maximum Gasteiger partial charge on any atom is 0.256 e. The average molecular weight is 586 g/mol. The Balaban J connectivity index is 1.52. The van der Waals surface area contributed by atoms with Crippen LogP contribution in [0.25, 0.3) is 11.3 Å². The molecule has 7 nitrogen and oxygen atoms in total. The van der Waals surface area contributed by atoms with E-state index in [4.69, 9.17) is 9.47 Å². The van der Waals surface area contributed by atoms with E-state index in [-0.39, 0.29) is 36.2 Å². The van der Waals surface area contributed by atoms with Gasteiger partial charge in [-0.1, -0.05) is 18.2 Å². The summed E-state index contributed by atoms with van der Waals surface area (Å²) >= 11 is 0. The number of nitrogens with zero attached hydrogens (tertiary/aromatic N) is 3. The molecule has 0 unspecified atom stereocenters. The topological polar surface area (TPSA) is 72.0 Å². The zero-order valence-corrected chi connectivity index (χ0v) is 24.6. The lowest BCUT2D eigenvalue weighted by Gasteiger charge is -2.19. The summed E-state index contributed by atoms with van der Waals surface area (Å²) in [5, 5.41) is 0. The average Bonchev–Trinajstić information content (AvgIpc) is 3.32. The number of rotatable bonds is 10. The number of carbonyl (C=O) groups excluding carboxylic acids is 2. The standard InChI is InChI=1S/C34H33F2N3O4/c1-5-38(6-2)33(40)22-12-10-21(11-13-22)16-24-17-28(32-26(35)8-7-9-27(32)36)37-29-20-39(34(41)31(24)29)19-23-14-15-25(42-3)18-30(23)43-4/h7-15,17-18H,5-6,16,19-20H2,1-4H3. The van der Waals surface area contributed by atoms with E-state index in [0.717, 1.165) is 11.1 Å². The van der Waals surface area contributed by atoms with Crippen molar-refractivity contribution in [2.24, 2.45) is 0 Å². The first-order valence-electron chi connectivity index (χ1n) is 14.1. The van der Waals surface area contributed by atoms with Gasteiger partial charge in [-0.05, 0) is 73.9 Å². The highest BCUT2D eigenvalue weighted by Gasteiger charge is 2.33. The molecule has 4 aromatic rings. The zero-order chi connectivity index (χ0) is 30.7. The Hall–Kier alpha value is -4.79. The highest BCUT2D eigenvalue weighted by molar-refractivity contribution is 6.00. The number of hydrogen-bond acceptors (Lipinski definition) is 5. The summed E-state index contributed by atoms with van der Waals surface area (Å²) in [6, 6.07) is 17.9. The molecule has 0 fully saturated rings. The lowest BCUT2D eigenvalue weighted by molar-refractivity contribution is 0.0760. The van der Waals surface area contributed by atoms with Crippen LogP contribution in [0.4, 0.5) is 8.78 Å². The Morgan fingerprint density at radius 3 is 2.23 bits per heavy atom. The number of methoxy groups -OCH3 is 2. The smallest absolute Gasteiger partial charge is 0.256 e. The van der Waals surface area contributed by atoms with Gasteiger partial charge in [-0.3, -0.25) is 9.59 Å². The molecule has 0 saturated heterocycles. The number of carbonyl (C=O) groups is 2. The van der Waals surface area contributed by atoms with E-state index >= 15 is 0 Å². The minimum absolute atomic E-state index is 0.0570. The van der Waals surface area contributed by atoms with Gasteiger partial charge in [0.1, 0.15) is 23.1 Å². The van der Waals surface area contributed by atoms with E-state index in [0.29, 0.717) is 53.4 Å². The summed E-state index contributed by atoms with van der Waals surface area (Å²) in [4.78, 5) is 34.6. The lowest BCUT2D eigenvalue weighted by Crippen LogP contribution is -2.30. The maximum absolute atomic E-state index is 14.9. The summed E-state index contributed by atoms with van der Waals surface area (Å²) in [5.74, 6) is -0.557. The van der Waals surface area contributed by atoms with Gasteiger partial charge in [0.25, 0.3) is 11.8 Å². The molecule has 1 aliphatic heterocycles. The van der Waals surface area contributed by atoms with Crippen molar-refractivity contribution in [2.75, 3.05) is 27.3 Å². The second kappa shape index (κ2) is 12.6. The van der Waals surface area contributed by atoms with Gasteiger partial charge >= 0.3 is 0 Å². The predicted molar refractivity (Wildman–Crippen MR) is 159 cm³/mol. The first kappa shape index (κ1) is 29.7. The van der Waals surface area contributed by atoms with Crippen LogP contribution < -0.4 is 9.47 Å². The molecule has 5 rings (SSSR count). The molecule has 0 aliphatic carbocycles. The molecule has 1 aliphatic rings. The summed E-state index contributed by atoms with van der Waals surface area (Å²) in [7, 11) is 3.11. The molecule has 0 N–H and O–H groups in total. The fraction of sp³-hybridized carbons (Fsp3) is 0.265. The number of halogens is 2. The monoisotopic (exact) mass is 585 g/mol. The lowest BCUT2D eigenvalue weighted by atomic mass is 9.96. The number of hydrogen-bond donors (Lipinski definition) is 0. The van der Waals surface area contributed by atoms with Crippen molar-refractivity contribution in [1.29, 1.82) is 0 Å². The van der Waals surface area contributed by atoms with Crippen molar-refractivity contribution >= 4 is 11.8 Å². The van der Waals surface area contributed by atoms with Crippen LogP contribution in [0.2, 0.25) is 0 Å². The van der Waals surface area contributed by atoms with E-state index in [1.165, 1.54) is 18.2 Å². The molecule has 2 heterocycles. The number of fused-ring (bicyclic) bond motifs is 1. The zero-order valence-electron chi connectivity index (χ0n) is 24.6. The SMILES string of the molecule is CCN(CC)C(=O)c1ccc(Cc2cc(-c3c(F)cccc3F)nc3c2C(=O)N(Cc2ccc(OC)cc2OC)C3)cc1. The van der Waals surface area contributed by atoms with Gasteiger partial charge in [0, 0.05) is 30.3 Å². The third-order valence-corrected chi connectivity index (χ3v) is 7.74. The van der Waals surface area contributed by atoms with Gasteiger partial charge in [-0.2, -0.15) is 0 Å². The van der Waals surface area contributed by atoms with Crippen LogP contribution in [0.5, 0.6) is 11.5 Å². The van der Waals surface area contributed by atoms with Gasteiger partial charge < -0.3 is 19.3 Å². The van der Waals surface area contributed by atoms with Gasteiger partial charge in [0.05, 0.1) is 49.8 Å². The number of pyridine rings is 1. The van der Waals surface area contributed by atoms with Crippen molar-refractivity contribution in [2.45, 2.75) is 33.4 Å². The van der Waals surface area contributed by atoms with Crippen molar-refractivity contribution in [3.05, 3.63) is 112 Å². The van der Waals surface area contributed by atoms with E-state index < -0.39 is 11.6 Å². The minimum Gasteiger partial charge on any atom is -0.497 e. The number of aromatic nitrogens is 1. The molecule has 2 amide bonds. The van der Waals surface area contributed by atoms with Gasteiger partial charge in [-0.25, -0.2) is 13.8 Å². The van der Waals surface area contributed by atoms with E-state index in [9.17, 15) is 18.4 Å². The Morgan fingerprint density at radius 1 is 0.907 bits per heavy atom. The largest absolute Gasteiger partial charge is 0.497 e. The van der Waals surface area contributed by atoms with Crippen LogP contribution in [-0.4, -0.2) is 53.9 Å². The molecule has 0 saturated carbocycles. The third kappa shape index (κ3) is 5.93. The normalized spacial score (nSPS) is 12.3. The molecule has 3 aromatic carbocycles. The number of amides is 2. The Morgan fingerprint density at radius 2 is 1.60 bits per heavy atom. The van der Waals surface area contributed by atoms with E-state index in [2.05, 4.69) is 4.98 Å². The highest BCUT2D eigenvalue weighted by atomic mass is 19.1. The fourth-order valence-electron chi connectivity index (χ4n) is 5.45. The quantitative estimate of drug-likeness (QED) is 0.219. The third-order valence-electron chi connectivity index (χ3n) is 7.74. The molecular weight excluding hydrogens is 552 g/mol. The second-order valence-corrected chi connectivity index (χ2v) is 10.3. The summed E-state index contributed by atoms with van der Waals surface area (Å²) in [6.45, 7) is 5.49. The van der Waals surface area contributed by atoms with Crippen molar-refractivity contribution < 1.29 is 27.8 Å². The van der Waals surface area contributed by atoms with Crippen LogP contribution in [0.15, 0.2) is 66.7 Å². The molecular formula is C34H33F2N3O4. The number of benzene rings is 3. The minimum atomic E-state index is -0.734. The fourth-order valence-corrected chi connectivity index (χ4v) is 5.45. The van der Waals surface area contributed by atoms with Gasteiger partial charge in [-0.15, -0.1) is 0 Å². The van der Waals surface area contributed by atoms with Gasteiger partial charge in [0.15, 0.2) is 0 Å². The second-order valence-electron chi connectivity index (χ2n) is 10.3. The number of ether oxygens (including phenoxy) is 2. The summed E-state index contributed by atoms with van der Waals surface area (Å²) < 4.78 is 40.5. The van der Waals surface area contributed by atoms with Crippen LogP contribution in [0, 0.1) is 11.6 Å². The molecule has 0 radical (unpaired) electrons. The molecule has 0 spiro atoms. The van der Waals surface area contributed by atoms with Crippen LogP contribution in [0.3, 0.4) is 0 Å². The Kier molecular flexibility index (Phi) is 8.71. The van der Waals surface area contributed by atoms with Crippen molar-refractivity contribution in [3.63, 3.8) is 0 Å². The van der Waals surface area contributed by atoms with Crippen molar-refractivity contribution in [1.82, 2.24) is 14.8 Å². The Labute approximate surface area is 249 Å². The molecule has 0 bridgehead atoms. The van der Waals surface area contributed by atoms with E-state index in [1.807, 2.05) is 32.0 Å². The van der Waals surface area contributed by atoms with E-state index in [1.54, 1.807) is 54.4 Å². The summed E-state index contributed by atoms with van der Waals surface area (Å²) in [6.07, 6.45) is 0.305. The first-order chi connectivity index (χ1) is 20.8.